The van der Waals surface area contributed by atoms with Crippen molar-refractivity contribution in [3.05, 3.63) is 52.4 Å². The summed E-state index contributed by atoms with van der Waals surface area (Å²) in [6.07, 6.45) is 6.34. The highest BCUT2D eigenvalue weighted by atomic mass is 16.4. The van der Waals surface area contributed by atoms with E-state index in [-0.39, 0.29) is 11.4 Å². The molecule has 0 aliphatic heterocycles. The van der Waals surface area contributed by atoms with Crippen molar-refractivity contribution in [1.29, 1.82) is 0 Å². The van der Waals surface area contributed by atoms with E-state index in [1.54, 1.807) is 12.1 Å². The molecule has 1 heterocycles. The monoisotopic (exact) mass is 338 g/mol. The summed E-state index contributed by atoms with van der Waals surface area (Å²) in [5.41, 5.74) is 0.924. The third kappa shape index (κ3) is 2.91. The highest BCUT2D eigenvalue weighted by Gasteiger charge is 2.24. The highest BCUT2D eigenvalue weighted by Crippen LogP contribution is 2.30. The van der Waals surface area contributed by atoms with Crippen LogP contribution in [0.3, 0.4) is 0 Å². The normalized spacial score (nSPS) is 17.2. The molecule has 0 amide bonds. The summed E-state index contributed by atoms with van der Waals surface area (Å²) in [4.78, 5) is 13.8. The largest absolute Gasteiger partial charge is 0.507 e. The van der Waals surface area contributed by atoms with Crippen LogP contribution in [0.2, 0.25) is 0 Å². The smallest absolute Gasteiger partial charge is 0.344 e. The van der Waals surface area contributed by atoms with Crippen molar-refractivity contribution in [2.45, 2.75) is 44.7 Å². The summed E-state index contributed by atoms with van der Waals surface area (Å²) in [6.45, 7) is 0.662. The zero-order valence-electron chi connectivity index (χ0n) is 14.5. The molecule has 1 atom stereocenters. The molecular weight excluding hydrogens is 314 g/mol. The predicted molar refractivity (Wildman–Crippen MR) is 99.1 cm³/mol. The molecule has 25 heavy (non-hydrogen) atoms. The van der Waals surface area contributed by atoms with E-state index in [2.05, 4.69) is 7.05 Å². The van der Waals surface area contributed by atoms with Crippen LogP contribution < -0.4 is 10.5 Å². The van der Waals surface area contributed by atoms with E-state index in [9.17, 15) is 9.90 Å². The Labute approximate surface area is 146 Å². The van der Waals surface area contributed by atoms with Gasteiger partial charge in [-0.25, -0.2) is 4.79 Å². The Morgan fingerprint density at radius 3 is 2.52 bits per heavy atom. The standard InChI is InChI=1S/C21H23NO3/c1-22(14-7-3-2-4-8-14)13-18-19(23)12-11-16-15-9-5-6-10-17(15)21(24)25-20(16)18/h5-6,9-12,14,23H,2-4,7-8,13H2,1H3/p+1. The summed E-state index contributed by atoms with van der Waals surface area (Å²) in [7, 11) is 2.17. The second kappa shape index (κ2) is 6.52. The van der Waals surface area contributed by atoms with Crippen LogP contribution in [0, 0.1) is 0 Å². The molecule has 0 saturated heterocycles. The first-order valence-corrected chi connectivity index (χ1v) is 9.14. The van der Waals surface area contributed by atoms with Crippen molar-refractivity contribution in [3.63, 3.8) is 0 Å². The number of rotatable bonds is 3. The molecule has 4 heteroatoms. The topological polar surface area (TPSA) is 54.9 Å². The van der Waals surface area contributed by atoms with Crippen LogP contribution in [0.25, 0.3) is 21.7 Å². The molecule has 4 rings (SSSR count). The van der Waals surface area contributed by atoms with Crippen LogP contribution >= 0.6 is 0 Å². The van der Waals surface area contributed by atoms with Gasteiger partial charge in [-0.3, -0.25) is 0 Å². The molecule has 1 aliphatic carbocycles. The van der Waals surface area contributed by atoms with Crippen molar-refractivity contribution in [3.8, 4) is 5.75 Å². The predicted octanol–water partition coefficient (Wildman–Crippen LogP) is 3.00. The Hall–Kier alpha value is -2.33. The average Bonchev–Trinajstić information content (AvgIpc) is 2.65. The second-order valence-corrected chi connectivity index (χ2v) is 7.23. The minimum Gasteiger partial charge on any atom is -0.507 e. The number of nitrogens with one attached hydrogen (secondary N) is 1. The minimum atomic E-state index is -0.342. The Bertz CT molecular complexity index is 970. The molecule has 1 aliphatic rings. The molecular formula is C21H24NO3+. The second-order valence-electron chi connectivity index (χ2n) is 7.23. The molecule has 2 aromatic carbocycles. The zero-order valence-corrected chi connectivity index (χ0v) is 14.5. The maximum Gasteiger partial charge on any atom is 0.344 e. The number of aromatic hydroxyl groups is 1. The molecule has 3 aromatic rings. The summed E-state index contributed by atoms with van der Waals surface area (Å²) >= 11 is 0. The highest BCUT2D eigenvalue weighted by molar-refractivity contribution is 6.05. The Morgan fingerprint density at radius 2 is 1.76 bits per heavy atom. The molecule has 0 bridgehead atoms. The van der Waals surface area contributed by atoms with E-state index in [0.29, 0.717) is 23.6 Å². The van der Waals surface area contributed by atoms with Crippen LogP contribution in [-0.4, -0.2) is 18.2 Å². The van der Waals surface area contributed by atoms with Gasteiger partial charge >= 0.3 is 5.63 Å². The van der Waals surface area contributed by atoms with Crippen molar-refractivity contribution in [2.75, 3.05) is 7.05 Å². The van der Waals surface area contributed by atoms with E-state index >= 15 is 0 Å². The van der Waals surface area contributed by atoms with Crippen molar-refractivity contribution < 1.29 is 14.4 Å². The summed E-state index contributed by atoms with van der Waals surface area (Å²) in [5.74, 6) is 0.209. The fraction of sp³-hybridized carbons (Fsp3) is 0.381. The number of quaternary nitrogens is 1. The van der Waals surface area contributed by atoms with E-state index in [0.717, 1.165) is 16.3 Å². The Balaban J connectivity index is 1.82. The SMILES string of the molecule is C[NH+](Cc1c(O)ccc2c1oc(=O)c1ccccc12)C1CCCCC1. The van der Waals surface area contributed by atoms with Crippen LogP contribution in [0.4, 0.5) is 0 Å². The Morgan fingerprint density at radius 1 is 1.04 bits per heavy atom. The number of hydrogen-bond donors (Lipinski definition) is 2. The first kappa shape index (κ1) is 16.2. The number of phenolic OH excluding ortho intramolecular Hbond substituents is 1. The number of benzene rings is 2. The van der Waals surface area contributed by atoms with Crippen molar-refractivity contribution in [1.82, 2.24) is 0 Å². The third-order valence-corrected chi connectivity index (χ3v) is 5.63. The number of hydrogen-bond acceptors (Lipinski definition) is 3. The van der Waals surface area contributed by atoms with Crippen molar-refractivity contribution in [2.24, 2.45) is 0 Å². The van der Waals surface area contributed by atoms with Gasteiger partial charge in [0.1, 0.15) is 12.3 Å². The zero-order chi connectivity index (χ0) is 17.4. The maximum atomic E-state index is 12.4. The van der Waals surface area contributed by atoms with E-state index in [4.69, 9.17) is 4.42 Å². The molecule has 1 unspecified atom stereocenters. The van der Waals surface area contributed by atoms with Gasteiger partial charge in [-0.1, -0.05) is 24.6 Å². The lowest BCUT2D eigenvalue weighted by Gasteiger charge is -2.28. The molecule has 1 aromatic heterocycles. The van der Waals surface area contributed by atoms with E-state index in [1.807, 2.05) is 24.3 Å². The van der Waals surface area contributed by atoms with E-state index < -0.39 is 0 Å². The minimum absolute atomic E-state index is 0.209. The van der Waals surface area contributed by atoms with Gasteiger partial charge in [0.05, 0.1) is 24.0 Å². The lowest BCUT2D eigenvalue weighted by Crippen LogP contribution is -3.11. The summed E-state index contributed by atoms with van der Waals surface area (Å²) in [6, 6.07) is 11.7. The van der Waals surface area contributed by atoms with E-state index in [1.165, 1.54) is 37.0 Å². The van der Waals surface area contributed by atoms with Gasteiger partial charge in [-0.2, -0.15) is 0 Å². The first-order valence-electron chi connectivity index (χ1n) is 9.14. The maximum absolute atomic E-state index is 12.4. The average molecular weight is 338 g/mol. The van der Waals surface area contributed by atoms with Gasteiger partial charge in [-0.05, 0) is 49.3 Å². The molecule has 2 N–H and O–H groups in total. The summed E-state index contributed by atoms with van der Waals surface area (Å²) < 4.78 is 5.65. The molecule has 1 fully saturated rings. The van der Waals surface area contributed by atoms with Crippen LogP contribution in [0.15, 0.2) is 45.6 Å². The van der Waals surface area contributed by atoms with Crippen LogP contribution in [0.5, 0.6) is 5.75 Å². The summed E-state index contributed by atoms with van der Waals surface area (Å²) in [5, 5.41) is 12.8. The van der Waals surface area contributed by atoms with Crippen molar-refractivity contribution >= 4 is 21.7 Å². The van der Waals surface area contributed by atoms with Gasteiger partial charge in [0.2, 0.25) is 0 Å². The quantitative estimate of drug-likeness (QED) is 0.570. The van der Waals surface area contributed by atoms with Gasteiger partial charge in [-0.15, -0.1) is 0 Å². The van der Waals surface area contributed by atoms with Gasteiger partial charge in [0.15, 0.2) is 5.58 Å². The fourth-order valence-electron chi connectivity index (χ4n) is 4.18. The van der Waals surface area contributed by atoms with Gasteiger partial charge in [0, 0.05) is 5.39 Å². The lowest BCUT2D eigenvalue weighted by atomic mass is 9.94. The molecule has 130 valence electrons. The van der Waals surface area contributed by atoms with Gasteiger partial charge < -0.3 is 14.4 Å². The van der Waals surface area contributed by atoms with Crippen LogP contribution in [-0.2, 0) is 6.54 Å². The fourth-order valence-corrected chi connectivity index (χ4v) is 4.18. The molecule has 0 spiro atoms. The number of phenols is 1. The van der Waals surface area contributed by atoms with Crippen LogP contribution in [0.1, 0.15) is 37.7 Å². The molecule has 0 radical (unpaired) electrons. The molecule has 1 saturated carbocycles. The molecule has 4 nitrogen and oxygen atoms in total. The first-order chi connectivity index (χ1) is 12.1. The Kier molecular flexibility index (Phi) is 4.22. The number of fused-ring (bicyclic) bond motifs is 3. The van der Waals surface area contributed by atoms with Gasteiger partial charge in [0.25, 0.3) is 0 Å². The third-order valence-electron chi connectivity index (χ3n) is 5.63. The lowest BCUT2D eigenvalue weighted by molar-refractivity contribution is -0.921.